The third kappa shape index (κ3) is 8.91. The molecular formula is C23H32N6O7. The van der Waals surface area contributed by atoms with Crippen LogP contribution in [0.25, 0.3) is 10.4 Å². The first-order chi connectivity index (χ1) is 16.9. The van der Waals surface area contributed by atoms with Crippen LogP contribution in [-0.2, 0) is 28.7 Å². The predicted octanol–water partition coefficient (Wildman–Crippen LogP) is 2.68. The summed E-state index contributed by atoms with van der Waals surface area (Å²) in [6.45, 7) is 7.51. The summed E-state index contributed by atoms with van der Waals surface area (Å²) in [7, 11) is 1.16. The van der Waals surface area contributed by atoms with Gasteiger partial charge >= 0.3 is 11.9 Å². The number of rotatable bonds is 12. The van der Waals surface area contributed by atoms with Gasteiger partial charge in [-0.3, -0.25) is 19.2 Å². The van der Waals surface area contributed by atoms with Crippen LogP contribution in [0.4, 0.5) is 11.4 Å². The second-order valence-corrected chi connectivity index (χ2v) is 8.23. The van der Waals surface area contributed by atoms with E-state index >= 15 is 0 Å². The smallest absolute Gasteiger partial charge is 0.328 e. The standard InChI is InChI=1S/C23H32N6O7/c1-7-36-20(32)10-14(4)25-19(31)12-29(21(13(2)3)23(34)35-6)22(33)17-11-16(26-15(5)30)8-9-18(17)27-28-24/h8-9,11,13-14,21H,7,10,12H2,1-6H3,(H,25,31)(H,26,30)/t14-,21+/m1/s1. The molecule has 36 heavy (non-hydrogen) atoms. The topological polar surface area (TPSA) is 180 Å². The Morgan fingerprint density at radius 3 is 2.36 bits per heavy atom. The zero-order valence-electron chi connectivity index (χ0n) is 21.2. The molecule has 0 aliphatic carbocycles. The average molecular weight is 505 g/mol. The van der Waals surface area contributed by atoms with Gasteiger partial charge in [0.05, 0.1) is 31.4 Å². The highest BCUT2D eigenvalue weighted by Crippen LogP contribution is 2.27. The highest BCUT2D eigenvalue weighted by molar-refractivity contribution is 6.04. The van der Waals surface area contributed by atoms with Gasteiger partial charge in [-0.05, 0) is 43.5 Å². The molecule has 1 aromatic rings. The van der Waals surface area contributed by atoms with Crippen LogP contribution in [0.15, 0.2) is 23.3 Å². The normalized spacial score (nSPS) is 12.0. The van der Waals surface area contributed by atoms with E-state index in [1.54, 1.807) is 27.7 Å². The number of benzene rings is 1. The SMILES string of the molecule is CCOC(=O)C[C@@H](C)NC(=O)CN(C(=O)c1cc(NC(C)=O)ccc1N=[N+]=[N-])[C@H](C(=O)OC)C(C)C. The Balaban J connectivity index is 3.43. The van der Waals surface area contributed by atoms with Crippen molar-refractivity contribution >= 4 is 41.0 Å². The number of amides is 3. The summed E-state index contributed by atoms with van der Waals surface area (Å²) in [5.74, 6) is -3.56. The third-order valence-electron chi connectivity index (χ3n) is 4.87. The minimum Gasteiger partial charge on any atom is -0.467 e. The van der Waals surface area contributed by atoms with E-state index in [2.05, 4.69) is 20.7 Å². The van der Waals surface area contributed by atoms with Gasteiger partial charge in [-0.1, -0.05) is 19.0 Å². The lowest BCUT2D eigenvalue weighted by Crippen LogP contribution is -2.53. The Labute approximate surface area is 209 Å². The lowest BCUT2D eigenvalue weighted by Gasteiger charge is -2.32. The number of esters is 2. The third-order valence-corrected chi connectivity index (χ3v) is 4.87. The maximum absolute atomic E-state index is 13.7. The first-order valence-electron chi connectivity index (χ1n) is 11.3. The van der Waals surface area contributed by atoms with Crippen molar-refractivity contribution in [3.8, 4) is 0 Å². The highest BCUT2D eigenvalue weighted by Gasteiger charge is 2.36. The molecule has 0 aliphatic rings. The summed E-state index contributed by atoms with van der Waals surface area (Å²) in [5.41, 5.74) is 8.99. The Hall–Kier alpha value is -4.12. The molecule has 196 valence electrons. The summed E-state index contributed by atoms with van der Waals surface area (Å²) in [4.78, 5) is 66.1. The van der Waals surface area contributed by atoms with Crippen LogP contribution in [0.3, 0.4) is 0 Å². The van der Waals surface area contributed by atoms with Crippen molar-refractivity contribution in [3.05, 3.63) is 34.2 Å². The van der Waals surface area contributed by atoms with E-state index in [9.17, 15) is 24.0 Å². The number of nitrogens with zero attached hydrogens (tertiary/aromatic N) is 4. The van der Waals surface area contributed by atoms with Gasteiger partial charge in [-0.25, -0.2) is 4.79 Å². The van der Waals surface area contributed by atoms with E-state index in [1.807, 2.05) is 0 Å². The monoisotopic (exact) mass is 504 g/mol. The number of methoxy groups -OCH3 is 1. The first-order valence-corrected chi connectivity index (χ1v) is 11.3. The molecule has 0 saturated heterocycles. The second kappa shape index (κ2) is 14.3. The van der Waals surface area contributed by atoms with Crippen LogP contribution < -0.4 is 10.6 Å². The molecule has 13 heteroatoms. The number of hydrogen-bond donors (Lipinski definition) is 2. The molecule has 13 nitrogen and oxygen atoms in total. The number of ether oxygens (including phenoxy) is 2. The molecule has 0 unspecified atom stereocenters. The molecule has 2 N–H and O–H groups in total. The minimum absolute atomic E-state index is 0.0648. The van der Waals surface area contributed by atoms with Gasteiger partial charge in [0.2, 0.25) is 11.8 Å². The number of anilines is 1. The number of carbonyl (C=O) groups is 5. The van der Waals surface area contributed by atoms with Crippen LogP contribution in [0.1, 0.15) is 51.4 Å². The Bertz CT molecular complexity index is 1040. The second-order valence-electron chi connectivity index (χ2n) is 8.23. The van der Waals surface area contributed by atoms with Crippen molar-refractivity contribution in [2.75, 3.05) is 25.6 Å². The van der Waals surface area contributed by atoms with Gasteiger partial charge in [0, 0.05) is 23.6 Å². The van der Waals surface area contributed by atoms with Crippen molar-refractivity contribution < 1.29 is 33.4 Å². The molecule has 0 bridgehead atoms. The minimum atomic E-state index is -1.17. The van der Waals surface area contributed by atoms with Gasteiger partial charge < -0.3 is 25.0 Å². The number of hydrogen-bond acceptors (Lipinski definition) is 8. The summed E-state index contributed by atoms with van der Waals surface area (Å²) >= 11 is 0. The molecule has 0 saturated carbocycles. The average Bonchev–Trinajstić information content (AvgIpc) is 2.78. The summed E-state index contributed by atoms with van der Waals surface area (Å²) in [5, 5.41) is 8.67. The van der Waals surface area contributed by atoms with Crippen LogP contribution in [-0.4, -0.2) is 66.9 Å². The fourth-order valence-corrected chi connectivity index (χ4v) is 3.45. The van der Waals surface area contributed by atoms with Crippen LogP contribution in [0.2, 0.25) is 0 Å². The number of nitrogens with one attached hydrogen (secondary N) is 2. The zero-order chi connectivity index (χ0) is 27.4. The molecule has 0 aliphatic heterocycles. The van der Waals surface area contributed by atoms with Gasteiger partial charge in [-0.15, -0.1) is 0 Å². The summed E-state index contributed by atoms with van der Waals surface area (Å²) < 4.78 is 9.75. The Kier molecular flexibility index (Phi) is 11.9. The first kappa shape index (κ1) is 29.9. The molecule has 0 aromatic heterocycles. The van der Waals surface area contributed by atoms with Crippen molar-refractivity contribution in [2.24, 2.45) is 11.0 Å². The lowest BCUT2D eigenvalue weighted by molar-refractivity contribution is -0.148. The predicted molar refractivity (Wildman–Crippen MR) is 130 cm³/mol. The van der Waals surface area contributed by atoms with Crippen molar-refractivity contribution in [2.45, 2.75) is 53.1 Å². The van der Waals surface area contributed by atoms with Crippen LogP contribution in [0, 0.1) is 5.92 Å². The number of carbonyl (C=O) groups excluding carboxylic acids is 5. The van der Waals surface area contributed by atoms with Crippen LogP contribution >= 0.6 is 0 Å². The number of azide groups is 1. The van der Waals surface area contributed by atoms with Gasteiger partial charge in [0.15, 0.2) is 0 Å². The van der Waals surface area contributed by atoms with Crippen molar-refractivity contribution in [1.82, 2.24) is 10.2 Å². The largest absolute Gasteiger partial charge is 0.467 e. The quantitative estimate of drug-likeness (QED) is 0.190. The van der Waals surface area contributed by atoms with Crippen LogP contribution in [0.5, 0.6) is 0 Å². The van der Waals surface area contributed by atoms with Gasteiger partial charge in [0.25, 0.3) is 5.91 Å². The molecule has 1 aromatic carbocycles. The maximum atomic E-state index is 13.7. The molecule has 2 atom stereocenters. The summed E-state index contributed by atoms with van der Waals surface area (Å²) in [6, 6.07) is 2.29. The van der Waals surface area contributed by atoms with E-state index in [1.165, 1.54) is 25.1 Å². The van der Waals surface area contributed by atoms with E-state index in [0.717, 1.165) is 12.0 Å². The van der Waals surface area contributed by atoms with E-state index in [-0.39, 0.29) is 30.0 Å². The molecule has 0 radical (unpaired) electrons. The maximum Gasteiger partial charge on any atom is 0.328 e. The van der Waals surface area contributed by atoms with E-state index in [0.29, 0.717) is 0 Å². The molecule has 3 amide bonds. The lowest BCUT2D eigenvalue weighted by atomic mass is 10.0. The van der Waals surface area contributed by atoms with Gasteiger partial charge in [0.1, 0.15) is 12.6 Å². The Morgan fingerprint density at radius 2 is 1.83 bits per heavy atom. The molecule has 1 rings (SSSR count). The molecule has 0 fully saturated rings. The van der Waals surface area contributed by atoms with Gasteiger partial charge in [-0.2, -0.15) is 0 Å². The van der Waals surface area contributed by atoms with E-state index < -0.39 is 54.2 Å². The summed E-state index contributed by atoms with van der Waals surface area (Å²) in [6.07, 6.45) is -0.0854. The highest BCUT2D eigenvalue weighted by atomic mass is 16.5. The molecular weight excluding hydrogens is 472 g/mol. The molecule has 0 heterocycles. The fraction of sp³-hybridized carbons (Fsp3) is 0.522. The zero-order valence-corrected chi connectivity index (χ0v) is 21.2. The van der Waals surface area contributed by atoms with Crippen molar-refractivity contribution in [1.29, 1.82) is 0 Å². The Morgan fingerprint density at radius 1 is 1.17 bits per heavy atom. The molecule has 0 spiro atoms. The van der Waals surface area contributed by atoms with E-state index in [4.69, 9.17) is 15.0 Å². The van der Waals surface area contributed by atoms with Crippen molar-refractivity contribution in [3.63, 3.8) is 0 Å². The fourth-order valence-electron chi connectivity index (χ4n) is 3.45.